The second-order valence-corrected chi connectivity index (χ2v) is 5.54. The predicted octanol–water partition coefficient (Wildman–Crippen LogP) is 2.73. The number of rotatable bonds is 5. The smallest absolute Gasteiger partial charge is 0.179 e. The molecule has 2 N–H and O–H groups in total. The van der Waals surface area contributed by atoms with Gasteiger partial charge >= 0.3 is 0 Å². The van der Waals surface area contributed by atoms with Gasteiger partial charge in [-0.15, -0.1) is 0 Å². The largest absolute Gasteiger partial charge is 0.495 e. The Hall–Kier alpha value is -1.81. The summed E-state index contributed by atoms with van der Waals surface area (Å²) in [6.07, 6.45) is 2.37. The van der Waals surface area contributed by atoms with Crippen LogP contribution in [0, 0.1) is 13.8 Å². The van der Waals surface area contributed by atoms with Crippen molar-refractivity contribution in [1.82, 2.24) is 10.3 Å². The number of methoxy groups -OCH3 is 1. The third kappa shape index (κ3) is 2.20. The number of hydrogen-bond donors (Lipinski definition) is 2. The van der Waals surface area contributed by atoms with Crippen molar-refractivity contribution in [2.24, 2.45) is 0 Å². The fourth-order valence-electron chi connectivity index (χ4n) is 2.70. The number of Topliss-reactive ketones (excluding diaryl/α,β-unsaturated/α-hetero) is 1. The number of aromatic nitrogens is 1. The maximum atomic E-state index is 12.5. The van der Waals surface area contributed by atoms with Crippen molar-refractivity contribution in [3.63, 3.8) is 0 Å². The quantitative estimate of drug-likeness (QED) is 0.823. The molecule has 1 heterocycles. The van der Waals surface area contributed by atoms with Gasteiger partial charge in [-0.25, -0.2) is 0 Å². The molecule has 0 bridgehead atoms. The molecule has 20 heavy (non-hydrogen) atoms. The average Bonchev–Trinajstić information content (AvgIpc) is 3.18. The molecule has 1 aliphatic rings. The number of ketones is 1. The van der Waals surface area contributed by atoms with Crippen molar-refractivity contribution in [3.8, 4) is 5.75 Å². The third-order valence-corrected chi connectivity index (χ3v) is 3.94. The first-order valence-electron chi connectivity index (χ1n) is 7.04. The zero-order valence-electron chi connectivity index (χ0n) is 12.2. The lowest BCUT2D eigenvalue weighted by Gasteiger charge is -2.06. The third-order valence-electron chi connectivity index (χ3n) is 3.94. The van der Waals surface area contributed by atoms with Crippen LogP contribution in [-0.4, -0.2) is 30.5 Å². The van der Waals surface area contributed by atoms with Crippen molar-refractivity contribution in [1.29, 1.82) is 0 Å². The summed E-state index contributed by atoms with van der Waals surface area (Å²) in [6, 6.07) is 4.48. The lowest BCUT2D eigenvalue weighted by molar-refractivity contribution is 0.0991. The topological polar surface area (TPSA) is 54.1 Å². The first-order valence-corrected chi connectivity index (χ1v) is 7.04. The van der Waals surface area contributed by atoms with E-state index in [1.54, 1.807) is 7.11 Å². The Kier molecular flexibility index (Phi) is 3.26. The van der Waals surface area contributed by atoms with E-state index >= 15 is 0 Å². The highest BCUT2D eigenvalue weighted by Crippen LogP contribution is 2.32. The SMILES string of the molecule is COc1ccc(C)c2c(C(=O)CNC3CC3)c(C)[nH]c12. The normalized spacial score (nSPS) is 14.8. The minimum Gasteiger partial charge on any atom is -0.495 e. The number of aromatic amines is 1. The standard InChI is InChI=1S/C16H20N2O2/c1-9-4-7-13(20-3)16-14(9)15(10(2)18-16)12(19)8-17-11-5-6-11/h4,7,11,17-18H,5-6,8H2,1-3H3. The fraction of sp³-hybridized carbons (Fsp3) is 0.438. The number of nitrogens with one attached hydrogen (secondary N) is 2. The summed E-state index contributed by atoms with van der Waals surface area (Å²) >= 11 is 0. The number of aryl methyl sites for hydroxylation is 2. The molecule has 106 valence electrons. The van der Waals surface area contributed by atoms with Gasteiger partial charge < -0.3 is 15.0 Å². The molecular weight excluding hydrogens is 252 g/mol. The van der Waals surface area contributed by atoms with E-state index in [1.807, 2.05) is 26.0 Å². The van der Waals surface area contributed by atoms with E-state index in [0.717, 1.165) is 33.5 Å². The minimum atomic E-state index is 0.150. The fourth-order valence-corrected chi connectivity index (χ4v) is 2.70. The highest BCUT2D eigenvalue weighted by atomic mass is 16.5. The van der Waals surface area contributed by atoms with Crippen LogP contribution in [0.25, 0.3) is 10.9 Å². The molecule has 3 rings (SSSR count). The average molecular weight is 272 g/mol. The summed E-state index contributed by atoms with van der Waals surface area (Å²) in [6.45, 7) is 4.39. The van der Waals surface area contributed by atoms with Gasteiger partial charge in [-0.05, 0) is 38.3 Å². The molecule has 0 aliphatic heterocycles. The first-order chi connectivity index (χ1) is 9.61. The Morgan fingerprint density at radius 3 is 2.80 bits per heavy atom. The molecule has 2 aromatic rings. The van der Waals surface area contributed by atoms with Crippen molar-refractivity contribution in [2.75, 3.05) is 13.7 Å². The highest BCUT2D eigenvalue weighted by molar-refractivity contribution is 6.12. The summed E-state index contributed by atoms with van der Waals surface area (Å²) in [5.74, 6) is 0.930. The van der Waals surface area contributed by atoms with Gasteiger partial charge in [-0.3, -0.25) is 4.79 Å². The van der Waals surface area contributed by atoms with E-state index in [4.69, 9.17) is 4.74 Å². The maximum Gasteiger partial charge on any atom is 0.179 e. The van der Waals surface area contributed by atoms with Crippen LogP contribution in [0.15, 0.2) is 12.1 Å². The number of ether oxygens (including phenoxy) is 1. The molecule has 0 amide bonds. The van der Waals surface area contributed by atoms with Crippen LogP contribution in [0.1, 0.15) is 34.5 Å². The maximum absolute atomic E-state index is 12.5. The molecule has 0 atom stereocenters. The van der Waals surface area contributed by atoms with Crippen molar-refractivity contribution < 1.29 is 9.53 Å². The molecule has 1 saturated carbocycles. The van der Waals surface area contributed by atoms with Crippen LogP contribution in [0.3, 0.4) is 0 Å². The number of carbonyl (C=O) groups excluding carboxylic acids is 1. The van der Waals surface area contributed by atoms with Crippen LogP contribution >= 0.6 is 0 Å². The van der Waals surface area contributed by atoms with Crippen LogP contribution in [-0.2, 0) is 0 Å². The number of benzene rings is 1. The minimum absolute atomic E-state index is 0.150. The molecule has 0 saturated heterocycles. The van der Waals surface area contributed by atoms with Gasteiger partial charge in [0, 0.05) is 22.7 Å². The van der Waals surface area contributed by atoms with Gasteiger partial charge in [0.25, 0.3) is 0 Å². The van der Waals surface area contributed by atoms with Gasteiger partial charge in [0.05, 0.1) is 19.2 Å². The molecular formula is C16H20N2O2. The summed E-state index contributed by atoms with van der Waals surface area (Å²) in [5.41, 5.74) is 3.72. The Bertz CT molecular complexity index is 669. The van der Waals surface area contributed by atoms with Crippen LogP contribution < -0.4 is 10.1 Å². The van der Waals surface area contributed by atoms with Gasteiger partial charge in [0.2, 0.25) is 0 Å². The Labute approximate surface area is 118 Å². The van der Waals surface area contributed by atoms with Crippen LogP contribution in [0.5, 0.6) is 5.75 Å². The number of fused-ring (bicyclic) bond motifs is 1. The van der Waals surface area contributed by atoms with Crippen molar-refractivity contribution >= 4 is 16.7 Å². The Balaban J connectivity index is 2.04. The van der Waals surface area contributed by atoms with Crippen LogP contribution in [0.4, 0.5) is 0 Å². The van der Waals surface area contributed by atoms with E-state index in [2.05, 4.69) is 10.3 Å². The first kappa shape index (κ1) is 13.2. The number of hydrogen-bond acceptors (Lipinski definition) is 3. The lowest BCUT2D eigenvalue weighted by Crippen LogP contribution is -2.25. The Morgan fingerprint density at radius 1 is 1.40 bits per heavy atom. The van der Waals surface area contributed by atoms with Gasteiger partial charge in [0.1, 0.15) is 5.75 Å². The zero-order chi connectivity index (χ0) is 14.3. The summed E-state index contributed by atoms with van der Waals surface area (Å²) in [7, 11) is 1.65. The van der Waals surface area contributed by atoms with Crippen molar-refractivity contribution in [2.45, 2.75) is 32.7 Å². The molecule has 4 nitrogen and oxygen atoms in total. The van der Waals surface area contributed by atoms with E-state index in [1.165, 1.54) is 12.8 Å². The van der Waals surface area contributed by atoms with Gasteiger partial charge in [-0.1, -0.05) is 6.07 Å². The second-order valence-electron chi connectivity index (χ2n) is 5.54. The summed E-state index contributed by atoms with van der Waals surface area (Å²) < 4.78 is 5.38. The predicted molar refractivity (Wildman–Crippen MR) is 79.7 cm³/mol. The molecule has 0 spiro atoms. The van der Waals surface area contributed by atoms with E-state index in [-0.39, 0.29) is 5.78 Å². The lowest BCUT2D eigenvalue weighted by atomic mass is 10.0. The number of carbonyl (C=O) groups is 1. The van der Waals surface area contributed by atoms with Gasteiger partial charge in [0.15, 0.2) is 5.78 Å². The Morgan fingerprint density at radius 2 is 2.15 bits per heavy atom. The van der Waals surface area contributed by atoms with E-state index in [9.17, 15) is 4.79 Å². The number of H-pyrrole nitrogens is 1. The van der Waals surface area contributed by atoms with Crippen LogP contribution in [0.2, 0.25) is 0 Å². The molecule has 1 aromatic heterocycles. The highest BCUT2D eigenvalue weighted by Gasteiger charge is 2.24. The molecule has 4 heteroatoms. The molecule has 1 aromatic carbocycles. The van der Waals surface area contributed by atoms with Gasteiger partial charge in [-0.2, -0.15) is 0 Å². The van der Waals surface area contributed by atoms with Crippen molar-refractivity contribution in [3.05, 3.63) is 29.0 Å². The zero-order valence-corrected chi connectivity index (χ0v) is 12.2. The second kappa shape index (κ2) is 4.94. The van der Waals surface area contributed by atoms with E-state index in [0.29, 0.717) is 12.6 Å². The summed E-state index contributed by atoms with van der Waals surface area (Å²) in [5, 5.41) is 4.28. The molecule has 0 unspecified atom stereocenters. The summed E-state index contributed by atoms with van der Waals surface area (Å²) in [4.78, 5) is 15.8. The molecule has 1 fully saturated rings. The monoisotopic (exact) mass is 272 g/mol. The molecule has 1 aliphatic carbocycles. The van der Waals surface area contributed by atoms with E-state index < -0.39 is 0 Å². The molecule has 0 radical (unpaired) electrons.